The maximum Gasteiger partial charge on any atom is 0.0660 e. The summed E-state index contributed by atoms with van der Waals surface area (Å²) in [7, 11) is 3.75. The minimum atomic E-state index is 0.270. The number of allylic oxidation sites excluding steroid dienone is 4. The summed E-state index contributed by atoms with van der Waals surface area (Å²) in [6.45, 7) is 18.5. The van der Waals surface area contributed by atoms with Crippen LogP contribution in [0.3, 0.4) is 0 Å². The molecule has 1 aliphatic rings. The zero-order chi connectivity index (χ0) is 24.6. The van der Waals surface area contributed by atoms with Gasteiger partial charge in [-0.2, -0.15) is 0 Å². The number of benzene rings is 1. The van der Waals surface area contributed by atoms with Crippen molar-refractivity contribution in [1.82, 2.24) is 15.6 Å². The van der Waals surface area contributed by atoms with Crippen LogP contribution in [0, 0.1) is 5.92 Å². The number of unbranched alkanes of at least 4 members (excludes halogenated alkanes) is 3. The molecule has 1 unspecified atom stereocenters. The summed E-state index contributed by atoms with van der Waals surface area (Å²) in [4.78, 5) is 3.68. The molecule has 0 amide bonds. The molecule has 0 aliphatic heterocycles. The fourth-order valence-electron chi connectivity index (χ4n) is 3.75. The van der Waals surface area contributed by atoms with Crippen LogP contribution in [0.25, 0.3) is 23.1 Å². The van der Waals surface area contributed by atoms with E-state index >= 15 is 0 Å². The van der Waals surface area contributed by atoms with Crippen molar-refractivity contribution < 1.29 is 0 Å². The highest BCUT2D eigenvalue weighted by Gasteiger charge is 2.17. The first-order valence-corrected chi connectivity index (χ1v) is 12.1. The van der Waals surface area contributed by atoms with Crippen molar-refractivity contribution in [2.24, 2.45) is 5.92 Å². The minimum absolute atomic E-state index is 0.270. The average Bonchev–Trinajstić information content (AvgIpc) is 3.10. The van der Waals surface area contributed by atoms with Gasteiger partial charge in [0.25, 0.3) is 0 Å². The zero-order valence-electron chi connectivity index (χ0n) is 21.3. The summed E-state index contributed by atoms with van der Waals surface area (Å²) in [5.41, 5.74) is 6.20. The second-order valence-corrected chi connectivity index (χ2v) is 8.60. The van der Waals surface area contributed by atoms with Crippen molar-refractivity contribution >= 4 is 23.1 Å². The van der Waals surface area contributed by atoms with Crippen LogP contribution in [0.5, 0.6) is 0 Å². The Hall–Kier alpha value is -2.78. The van der Waals surface area contributed by atoms with Gasteiger partial charge in [0.2, 0.25) is 0 Å². The molecule has 180 valence electrons. The van der Waals surface area contributed by atoms with Crippen LogP contribution in [-0.2, 0) is 0 Å². The Bertz CT molecular complexity index is 914. The van der Waals surface area contributed by atoms with Crippen molar-refractivity contribution in [3.8, 4) is 0 Å². The third-order valence-corrected chi connectivity index (χ3v) is 5.59. The standard InChI is InChI=1S/C26H34N2.C2H7N.C2H4/c1-5-6-7-8-12-15-25(27-20(4)19(2)3)26-18-23-22-14-11-9-10-13-21(22)16-17-24(23)28-26;1-3-2;1-2/h5,10-11,13-14,16-19,25,27-28H,1,4,6-9,12,15H2,2-3H3;3H,1-2H3;1-2H2. The average molecular weight is 448 g/mol. The van der Waals surface area contributed by atoms with Crippen molar-refractivity contribution in [3.63, 3.8) is 0 Å². The highest BCUT2D eigenvalue weighted by molar-refractivity contribution is 5.93. The number of hydrogen-bond acceptors (Lipinski definition) is 2. The first-order valence-electron chi connectivity index (χ1n) is 12.1. The highest BCUT2D eigenvalue weighted by atomic mass is 15.0. The quantitative estimate of drug-likeness (QED) is 0.254. The molecule has 0 fully saturated rings. The first-order chi connectivity index (χ1) is 16.0. The SMILES string of the molecule is C=C.C=CCCCCCC(NC(=C)C(C)C)c1cc2c3c(ccc2[nH]1)C=CCC=C3.CNC. The van der Waals surface area contributed by atoms with E-state index in [0.717, 1.165) is 25.0 Å². The third-order valence-electron chi connectivity index (χ3n) is 5.59. The van der Waals surface area contributed by atoms with E-state index < -0.39 is 0 Å². The summed E-state index contributed by atoms with van der Waals surface area (Å²) in [6, 6.07) is 7.04. The number of hydrogen-bond donors (Lipinski definition) is 3. The molecule has 0 bridgehead atoms. The van der Waals surface area contributed by atoms with Crippen LogP contribution < -0.4 is 10.6 Å². The highest BCUT2D eigenvalue weighted by Crippen LogP contribution is 2.31. The Kier molecular flexibility index (Phi) is 13.6. The van der Waals surface area contributed by atoms with Gasteiger partial charge in [-0.1, -0.05) is 69.7 Å². The number of fused-ring (bicyclic) bond motifs is 3. The van der Waals surface area contributed by atoms with Gasteiger partial charge >= 0.3 is 0 Å². The third kappa shape index (κ3) is 8.94. The Morgan fingerprint density at radius 3 is 2.45 bits per heavy atom. The number of aromatic amines is 1. The molecule has 3 heteroatoms. The topological polar surface area (TPSA) is 39.9 Å². The molecule has 0 spiro atoms. The molecule has 2 aromatic rings. The van der Waals surface area contributed by atoms with Crippen molar-refractivity contribution in [2.45, 2.75) is 58.4 Å². The van der Waals surface area contributed by atoms with E-state index in [-0.39, 0.29) is 6.04 Å². The molecule has 0 radical (unpaired) electrons. The summed E-state index contributed by atoms with van der Waals surface area (Å²) in [5.74, 6) is 0.428. The van der Waals surface area contributed by atoms with Gasteiger partial charge in [0, 0.05) is 22.3 Å². The van der Waals surface area contributed by atoms with Crippen LogP contribution in [0.4, 0.5) is 0 Å². The zero-order valence-corrected chi connectivity index (χ0v) is 21.3. The smallest absolute Gasteiger partial charge is 0.0660 e. The molecule has 1 heterocycles. The molecular formula is C30H45N3. The van der Waals surface area contributed by atoms with Gasteiger partial charge in [-0.3, -0.25) is 0 Å². The fraction of sp³-hybridized carbons (Fsp3) is 0.400. The van der Waals surface area contributed by atoms with Crippen molar-refractivity contribution in [2.75, 3.05) is 14.1 Å². The van der Waals surface area contributed by atoms with Crippen LogP contribution in [-0.4, -0.2) is 19.1 Å². The molecule has 33 heavy (non-hydrogen) atoms. The predicted molar refractivity (Wildman–Crippen MR) is 150 cm³/mol. The van der Waals surface area contributed by atoms with Gasteiger partial charge in [-0.25, -0.2) is 0 Å². The molecule has 1 aromatic carbocycles. The molecule has 3 N–H and O–H groups in total. The first kappa shape index (κ1) is 28.3. The number of nitrogens with one attached hydrogen (secondary N) is 3. The maximum absolute atomic E-state index is 4.26. The lowest BCUT2D eigenvalue weighted by molar-refractivity contribution is 0.480. The Morgan fingerprint density at radius 2 is 1.79 bits per heavy atom. The van der Waals surface area contributed by atoms with Gasteiger partial charge in [-0.05, 0) is 69.0 Å². The second-order valence-electron chi connectivity index (χ2n) is 8.60. The molecule has 3 rings (SSSR count). The number of rotatable bonds is 10. The van der Waals surface area contributed by atoms with E-state index in [2.05, 4.69) is 98.3 Å². The fourth-order valence-corrected chi connectivity index (χ4v) is 3.75. The summed E-state index contributed by atoms with van der Waals surface area (Å²) >= 11 is 0. The molecule has 1 aliphatic carbocycles. The lowest BCUT2D eigenvalue weighted by Gasteiger charge is -2.22. The Balaban J connectivity index is 0.00000101. The summed E-state index contributed by atoms with van der Waals surface area (Å²) in [5, 5.41) is 7.76. The van der Waals surface area contributed by atoms with E-state index in [1.165, 1.54) is 47.0 Å². The van der Waals surface area contributed by atoms with E-state index in [4.69, 9.17) is 0 Å². The number of H-pyrrole nitrogens is 1. The van der Waals surface area contributed by atoms with Gasteiger partial charge in [0.1, 0.15) is 0 Å². The lowest BCUT2D eigenvalue weighted by atomic mass is 10.0. The van der Waals surface area contributed by atoms with E-state index in [1.807, 2.05) is 20.2 Å². The Labute approximate surface area is 202 Å². The van der Waals surface area contributed by atoms with E-state index in [1.54, 1.807) is 0 Å². The minimum Gasteiger partial charge on any atom is -0.380 e. The van der Waals surface area contributed by atoms with Gasteiger partial charge in [0.15, 0.2) is 0 Å². The molecule has 3 nitrogen and oxygen atoms in total. The monoisotopic (exact) mass is 447 g/mol. The molecule has 1 aromatic heterocycles. The normalized spacial score (nSPS) is 12.6. The molecule has 1 atom stereocenters. The van der Waals surface area contributed by atoms with Gasteiger partial charge < -0.3 is 15.6 Å². The maximum atomic E-state index is 4.26. The predicted octanol–water partition coefficient (Wildman–Crippen LogP) is 8.17. The van der Waals surface area contributed by atoms with E-state index in [9.17, 15) is 0 Å². The van der Waals surface area contributed by atoms with Gasteiger partial charge in [0.05, 0.1) is 6.04 Å². The molecule has 0 saturated carbocycles. The van der Waals surface area contributed by atoms with E-state index in [0.29, 0.717) is 5.92 Å². The summed E-state index contributed by atoms with van der Waals surface area (Å²) < 4.78 is 0. The summed E-state index contributed by atoms with van der Waals surface area (Å²) in [6.07, 6.45) is 17.8. The van der Waals surface area contributed by atoms with Crippen LogP contribution in [0.2, 0.25) is 0 Å². The molecular weight excluding hydrogens is 402 g/mol. The van der Waals surface area contributed by atoms with Crippen LogP contribution in [0.1, 0.15) is 75.2 Å². The largest absolute Gasteiger partial charge is 0.380 e. The Morgan fingerprint density at radius 1 is 1.09 bits per heavy atom. The second kappa shape index (κ2) is 15.9. The van der Waals surface area contributed by atoms with Crippen LogP contribution in [0.15, 0.2) is 68.4 Å². The van der Waals surface area contributed by atoms with Crippen molar-refractivity contribution in [3.05, 3.63) is 85.3 Å². The lowest BCUT2D eigenvalue weighted by Crippen LogP contribution is -2.23. The van der Waals surface area contributed by atoms with Crippen molar-refractivity contribution in [1.29, 1.82) is 0 Å². The molecule has 0 saturated heterocycles. The number of aromatic nitrogens is 1. The van der Waals surface area contributed by atoms with Crippen LogP contribution >= 0.6 is 0 Å². The van der Waals surface area contributed by atoms with Gasteiger partial charge in [-0.15, -0.1) is 19.7 Å².